The Labute approximate surface area is 87.0 Å². The molecular weight excluding hydrogens is 174 g/mol. The van der Waals surface area contributed by atoms with Crippen LogP contribution in [0.5, 0.6) is 0 Å². The van der Waals surface area contributed by atoms with Gasteiger partial charge in [0.05, 0.1) is 0 Å². The first-order valence-electron chi connectivity index (χ1n) is 6.06. The van der Waals surface area contributed by atoms with Gasteiger partial charge in [-0.05, 0) is 45.2 Å². The highest BCUT2D eigenvalue weighted by Crippen LogP contribution is 2.16. The second-order valence-corrected chi connectivity index (χ2v) is 4.77. The molecule has 3 N–H and O–H groups in total. The molecule has 82 valence electrons. The fourth-order valence-electron chi connectivity index (χ4n) is 2.63. The van der Waals surface area contributed by atoms with Gasteiger partial charge in [0.2, 0.25) is 0 Å². The first kappa shape index (κ1) is 10.4. The summed E-state index contributed by atoms with van der Waals surface area (Å²) in [5, 5.41) is 3.62. The van der Waals surface area contributed by atoms with Crippen molar-refractivity contribution >= 4 is 0 Å². The van der Waals surface area contributed by atoms with E-state index >= 15 is 0 Å². The van der Waals surface area contributed by atoms with Crippen LogP contribution in [0.2, 0.25) is 0 Å². The van der Waals surface area contributed by atoms with Crippen molar-refractivity contribution in [2.45, 2.75) is 44.2 Å². The number of nitrogens with zero attached hydrogens (tertiary/aromatic N) is 1. The maximum atomic E-state index is 5.87. The monoisotopic (exact) mass is 197 g/mol. The number of likely N-dealkylation sites (tertiary alicyclic amines) is 1. The smallest absolute Gasteiger partial charge is 0.0107 e. The van der Waals surface area contributed by atoms with Crippen LogP contribution in [-0.4, -0.2) is 43.2 Å². The zero-order valence-electron chi connectivity index (χ0n) is 9.04. The minimum Gasteiger partial charge on any atom is -0.328 e. The Balaban J connectivity index is 1.54. The van der Waals surface area contributed by atoms with Gasteiger partial charge in [-0.15, -0.1) is 0 Å². The summed E-state index contributed by atoms with van der Waals surface area (Å²) in [6, 6.07) is 1.16. The van der Waals surface area contributed by atoms with Crippen LogP contribution in [-0.2, 0) is 0 Å². The largest absolute Gasteiger partial charge is 0.328 e. The van der Waals surface area contributed by atoms with E-state index in [1.165, 1.54) is 51.7 Å². The number of nitrogens with two attached hydrogens (primary N) is 1. The molecule has 2 fully saturated rings. The van der Waals surface area contributed by atoms with Gasteiger partial charge in [0, 0.05) is 25.2 Å². The summed E-state index contributed by atoms with van der Waals surface area (Å²) in [5.41, 5.74) is 5.87. The quantitative estimate of drug-likeness (QED) is 0.691. The van der Waals surface area contributed by atoms with Gasteiger partial charge in [-0.3, -0.25) is 0 Å². The molecule has 1 aliphatic heterocycles. The van der Waals surface area contributed by atoms with Crippen LogP contribution in [0.15, 0.2) is 0 Å². The Kier molecular flexibility index (Phi) is 3.79. The lowest BCUT2D eigenvalue weighted by molar-refractivity contribution is 0.327. The van der Waals surface area contributed by atoms with E-state index in [1.807, 2.05) is 0 Å². The molecule has 2 atom stereocenters. The van der Waals surface area contributed by atoms with Crippen molar-refractivity contribution < 1.29 is 0 Å². The zero-order valence-corrected chi connectivity index (χ0v) is 9.04. The van der Waals surface area contributed by atoms with E-state index in [0.29, 0.717) is 12.1 Å². The molecule has 1 saturated carbocycles. The van der Waals surface area contributed by atoms with Gasteiger partial charge in [0.25, 0.3) is 0 Å². The minimum absolute atomic E-state index is 0.458. The summed E-state index contributed by atoms with van der Waals surface area (Å²) >= 11 is 0. The molecule has 0 spiro atoms. The standard InChI is InChI=1S/C11H23N3/c12-10-3-4-11(9-10)13-5-8-14-6-1-2-7-14/h10-11,13H,1-9,12H2. The third-order valence-electron chi connectivity index (χ3n) is 3.53. The predicted molar refractivity (Wildman–Crippen MR) is 59.3 cm³/mol. The maximum absolute atomic E-state index is 5.87. The van der Waals surface area contributed by atoms with Crippen LogP contribution in [0.1, 0.15) is 32.1 Å². The lowest BCUT2D eigenvalue weighted by Gasteiger charge is -2.17. The first-order valence-corrected chi connectivity index (χ1v) is 6.06. The van der Waals surface area contributed by atoms with E-state index in [0.717, 1.165) is 6.54 Å². The second-order valence-electron chi connectivity index (χ2n) is 4.77. The third kappa shape index (κ3) is 2.94. The Morgan fingerprint density at radius 2 is 2.00 bits per heavy atom. The average molecular weight is 197 g/mol. The SMILES string of the molecule is NC1CCC(NCCN2CCCC2)C1. The van der Waals surface area contributed by atoms with Crippen molar-refractivity contribution in [1.29, 1.82) is 0 Å². The molecule has 1 saturated heterocycles. The predicted octanol–water partition coefficient (Wildman–Crippen LogP) is 0.552. The summed E-state index contributed by atoms with van der Waals surface area (Å²) in [4.78, 5) is 2.56. The molecule has 2 aliphatic rings. The van der Waals surface area contributed by atoms with Crippen molar-refractivity contribution in [3.63, 3.8) is 0 Å². The molecule has 0 aromatic carbocycles. The molecule has 0 amide bonds. The van der Waals surface area contributed by atoms with Gasteiger partial charge in [-0.2, -0.15) is 0 Å². The minimum atomic E-state index is 0.458. The molecule has 14 heavy (non-hydrogen) atoms. The number of rotatable bonds is 4. The Morgan fingerprint density at radius 3 is 2.64 bits per heavy atom. The van der Waals surface area contributed by atoms with Crippen LogP contribution in [0.25, 0.3) is 0 Å². The van der Waals surface area contributed by atoms with E-state index in [2.05, 4.69) is 10.2 Å². The van der Waals surface area contributed by atoms with E-state index in [1.54, 1.807) is 0 Å². The highest BCUT2D eigenvalue weighted by molar-refractivity contribution is 4.82. The van der Waals surface area contributed by atoms with Crippen LogP contribution >= 0.6 is 0 Å². The first-order chi connectivity index (χ1) is 6.84. The van der Waals surface area contributed by atoms with Crippen LogP contribution in [0.3, 0.4) is 0 Å². The Bertz CT molecular complexity index is 166. The molecule has 3 nitrogen and oxygen atoms in total. The second kappa shape index (κ2) is 5.10. The van der Waals surface area contributed by atoms with Gasteiger partial charge >= 0.3 is 0 Å². The molecule has 3 heteroatoms. The molecule has 1 aliphatic carbocycles. The van der Waals surface area contributed by atoms with E-state index in [4.69, 9.17) is 5.73 Å². The van der Waals surface area contributed by atoms with Crippen molar-refractivity contribution in [2.75, 3.05) is 26.2 Å². The summed E-state index contributed by atoms with van der Waals surface area (Å²) in [6.45, 7) is 5.00. The molecule has 0 aromatic rings. The van der Waals surface area contributed by atoms with Gasteiger partial charge in [0.15, 0.2) is 0 Å². The lowest BCUT2D eigenvalue weighted by Crippen LogP contribution is -2.35. The van der Waals surface area contributed by atoms with Crippen molar-refractivity contribution in [1.82, 2.24) is 10.2 Å². The molecular formula is C11H23N3. The van der Waals surface area contributed by atoms with Gasteiger partial charge in [-0.1, -0.05) is 0 Å². The molecule has 0 radical (unpaired) electrons. The van der Waals surface area contributed by atoms with Crippen LogP contribution < -0.4 is 11.1 Å². The topological polar surface area (TPSA) is 41.3 Å². The van der Waals surface area contributed by atoms with Gasteiger partial charge in [0.1, 0.15) is 0 Å². The Morgan fingerprint density at radius 1 is 1.21 bits per heavy atom. The molecule has 0 aromatic heterocycles. The normalized spacial score (nSPS) is 34.1. The van der Waals surface area contributed by atoms with E-state index < -0.39 is 0 Å². The zero-order chi connectivity index (χ0) is 9.80. The van der Waals surface area contributed by atoms with Crippen LogP contribution in [0, 0.1) is 0 Å². The fourth-order valence-corrected chi connectivity index (χ4v) is 2.63. The fraction of sp³-hybridized carbons (Fsp3) is 1.00. The number of nitrogens with one attached hydrogen (secondary N) is 1. The number of hydrogen-bond acceptors (Lipinski definition) is 3. The summed E-state index contributed by atoms with van der Waals surface area (Å²) in [5.74, 6) is 0. The highest BCUT2D eigenvalue weighted by atomic mass is 15.2. The highest BCUT2D eigenvalue weighted by Gasteiger charge is 2.21. The molecule has 2 unspecified atom stereocenters. The van der Waals surface area contributed by atoms with Crippen molar-refractivity contribution in [3.05, 3.63) is 0 Å². The van der Waals surface area contributed by atoms with Gasteiger partial charge in [-0.25, -0.2) is 0 Å². The van der Waals surface area contributed by atoms with E-state index in [-0.39, 0.29) is 0 Å². The lowest BCUT2D eigenvalue weighted by atomic mass is 10.2. The number of hydrogen-bond donors (Lipinski definition) is 2. The van der Waals surface area contributed by atoms with Crippen molar-refractivity contribution in [3.8, 4) is 0 Å². The van der Waals surface area contributed by atoms with Crippen LogP contribution in [0.4, 0.5) is 0 Å². The summed E-state index contributed by atoms with van der Waals surface area (Å²) < 4.78 is 0. The molecule has 0 bridgehead atoms. The average Bonchev–Trinajstić information content (AvgIpc) is 2.77. The van der Waals surface area contributed by atoms with Crippen molar-refractivity contribution in [2.24, 2.45) is 5.73 Å². The Hall–Kier alpha value is -0.120. The third-order valence-corrected chi connectivity index (χ3v) is 3.53. The van der Waals surface area contributed by atoms with E-state index in [9.17, 15) is 0 Å². The van der Waals surface area contributed by atoms with Gasteiger partial charge < -0.3 is 16.0 Å². The summed E-state index contributed by atoms with van der Waals surface area (Å²) in [6.07, 6.45) is 6.46. The maximum Gasteiger partial charge on any atom is 0.0107 e. The molecule has 2 rings (SSSR count). The summed E-state index contributed by atoms with van der Waals surface area (Å²) in [7, 11) is 0. The molecule has 1 heterocycles.